The summed E-state index contributed by atoms with van der Waals surface area (Å²) in [5.74, 6) is 3.39. The zero-order chi connectivity index (χ0) is 42.4. The second kappa shape index (κ2) is 21.6. The van der Waals surface area contributed by atoms with Crippen LogP contribution < -0.4 is 33.2 Å². The van der Waals surface area contributed by atoms with Crippen molar-refractivity contribution in [2.24, 2.45) is 0 Å². The van der Waals surface area contributed by atoms with Gasteiger partial charge in [-0.3, -0.25) is 0 Å². The Balaban J connectivity index is 1.42. The zero-order valence-corrected chi connectivity index (χ0v) is 35.7. The number of piperidine rings is 1. The first kappa shape index (κ1) is 44.7. The van der Waals surface area contributed by atoms with Gasteiger partial charge in [0.1, 0.15) is 11.4 Å². The third kappa shape index (κ3) is 12.3. The summed E-state index contributed by atoms with van der Waals surface area (Å²) in [6, 6.07) is 25.5. The standard InChI is InChI=1S/C46H59NO12/c1-46(2,3)59-45(48)47-26-40(57-29-32-22-36(49-4)43(53-8)37(23-32)50-5)42(41(27-47)58-30-33-24-38(51-6)44(54-9)39(25-33)52-7)34-16-18-35(19-17-34)56-21-13-20-55-28-31-14-11-10-12-15-31/h10-12,14-19,22-25,40-42H,13,20-21,26-30H2,1-9H3. The van der Waals surface area contributed by atoms with Gasteiger partial charge in [-0.25, -0.2) is 4.79 Å². The van der Waals surface area contributed by atoms with Crippen molar-refractivity contribution in [2.45, 2.75) is 70.7 Å². The third-order valence-electron chi connectivity index (χ3n) is 9.71. The average molecular weight is 818 g/mol. The molecular formula is C46H59NO12. The van der Waals surface area contributed by atoms with Crippen LogP contribution in [0.5, 0.6) is 40.2 Å². The molecule has 0 spiro atoms. The van der Waals surface area contributed by atoms with Gasteiger partial charge in [-0.15, -0.1) is 0 Å². The maximum Gasteiger partial charge on any atom is 0.410 e. The zero-order valence-electron chi connectivity index (χ0n) is 35.7. The SMILES string of the molecule is COc1cc(COC2CN(C(=O)OC(C)(C)C)CC(OCc3cc(OC)c(OC)c(OC)c3)C2c2ccc(OCCCOCc3ccccc3)cc2)cc(OC)c1OC. The largest absolute Gasteiger partial charge is 0.494 e. The fourth-order valence-electron chi connectivity index (χ4n) is 6.94. The molecule has 2 unspecified atom stereocenters. The first-order chi connectivity index (χ1) is 28.5. The fraction of sp³-hybridized carbons (Fsp3) is 0.457. The number of benzene rings is 4. The van der Waals surface area contributed by atoms with Crippen molar-refractivity contribution < 1.29 is 56.9 Å². The molecule has 1 saturated heterocycles. The second-order valence-corrected chi connectivity index (χ2v) is 15.0. The Kier molecular flexibility index (Phi) is 16.4. The summed E-state index contributed by atoms with van der Waals surface area (Å²) in [7, 11) is 9.40. The molecule has 0 radical (unpaired) electrons. The summed E-state index contributed by atoms with van der Waals surface area (Å²) in [5.41, 5.74) is 2.96. The Hall–Kier alpha value is -5.37. The number of likely N-dealkylation sites (tertiary alicyclic amines) is 1. The van der Waals surface area contributed by atoms with Crippen LogP contribution in [0.2, 0.25) is 0 Å². The summed E-state index contributed by atoms with van der Waals surface area (Å²) < 4.78 is 64.9. The molecule has 1 fully saturated rings. The number of hydrogen-bond acceptors (Lipinski definition) is 12. The Morgan fingerprint density at radius 1 is 0.610 bits per heavy atom. The van der Waals surface area contributed by atoms with Gasteiger partial charge >= 0.3 is 6.09 Å². The topological polar surface area (TPSA) is 122 Å². The molecule has 5 rings (SSSR count). The molecule has 1 amide bonds. The van der Waals surface area contributed by atoms with Gasteiger partial charge in [0.15, 0.2) is 23.0 Å². The van der Waals surface area contributed by atoms with Gasteiger partial charge in [0.25, 0.3) is 0 Å². The van der Waals surface area contributed by atoms with E-state index in [4.69, 9.17) is 52.1 Å². The molecule has 13 heteroatoms. The molecular weight excluding hydrogens is 759 g/mol. The minimum absolute atomic E-state index is 0.174. The highest BCUT2D eigenvalue weighted by molar-refractivity contribution is 5.68. The number of amides is 1. The Morgan fingerprint density at radius 2 is 1.10 bits per heavy atom. The lowest BCUT2D eigenvalue weighted by Gasteiger charge is -2.43. The van der Waals surface area contributed by atoms with E-state index in [2.05, 4.69) is 0 Å². The highest BCUT2D eigenvalue weighted by atomic mass is 16.6. The first-order valence-corrected chi connectivity index (χ1v) is 19.6. The van der Waals surface area contributed by atoms with Gasteiger partial charge in [-0.05, 0) is 79.4 Å². The lowest BCUT2D eigenvalue weighted by molar-refractivity contribution is -0.100. The van der Waals surface area contributed by atoms with Crippen molar-refractivity contribution in [3.63, 3.8) is 0 Å². The van der Waals surface area contributed by atoms with E-state index in [9.17, 15) is 4.79 Å². The summed E-state index contributed by atoms with van der Waals surface area (Å²) in [6.45, 7) is 8.02. The van der Waals surface area contributed by atoms with Crippen molar-refractivity contribution in [1.29, 1.82) is 0 Å². The molecule has 59 heavy (non-hydrogen) atoms. The average Bonchev–Trinajstić information content (AvgIpc) is 3.24. The van der Waals surface area contributed by atoms with Gasteiger partial charge in [-0.1, -0.05) is 42.5 Å². The van der Waals surface area contributed by atoms with Crippen LogP contribution in [0.15, 0.2) is 78.9 Å². The van der Waals surface area contributed by atoms with Crippen molar-refractivity contribution in [1.82, 2.24) is 4.90 Å². The number of carbonyl (C=O) groups excluding carboxylic acids is 1. The van der Waals surface area contributed by atoms with E-state index in [0.29, 0.717) is 54.3 Å². The highest BCUT2D eigenvalue weighted by Gasteiger charge is 2.42. The number of ether oxygens (including phenoxy) is 11. The maximum atomic E-state index is 13.7. The van der Waals surface area contributed by atoms with Gasteiger partial charge in [-0.2, -0.15) is 0 Å². The van der Waals surface area contributed by atoms with E-state index in [1.165, 1.54) is 0 Å². The van der Waals surface area contributed by atoms with E-state index in [1.54, 1.807) is 47.6 Å². The molecule has 4 aromatic carbocycles. The van der Waals surface area contributed by atoms with Crippen LogP contribution in [0, 0.1) is 0 Å². The predicted octanol–water partition coefficient (Wildman–Crippen LogP) is 8.23. The fourth-order valence-corrected chi connectivity index (χ4v) is 6.94. The highest BCUT2D eigenvalue weighted by Crippen LogP contribution is 2.41. The smallest absolute Gasteiger partial charge is 0.410 e. The van der Waals surface area contributed by atoms with Crippen LogP contribution in [0.4, 0.5) is 4.79 Å². The molecule has 1 aliphatic rings. The minimum Gasteiger partial charge on any atom is -0.494 e. The molecule has 0 bridgehead atoms. The van der Waals surface area contributed by atoms with E-state index in [0.717, 1.165) is 34.4 Å². The summed E-state index contributed by atoms with van der Waals surface area (Å²) in [6.07, 6.45) is -0.788. The molecule has 1 aliphatic heterocycles. The number of rotatable bonds is 20. The number of carbonyl (C=O) groups is 1. The lowest BCUT2D eigenvalue weighted by Crippen LogP contribution is -2.55. The molecule has 0 aromatic heterocycles. The molecule has 0 N–H and O–H groups in total. The van der Waals surface area contributed by atoms with Crippen LogP contribution >= 0.6 is 0 Å². The predicted molar refractivity (Wildman–Crippen MR) is 223 cm³/mol. The van der Waals surface area contributed by atoms with Crippen LogP contribution in [0.1, 0.15) is 55.4 Å². The van der Waals surface area contributed by atoms with Gasteiger partial charge in [0.05, 0.1) is 101 Å². The van der Waals surface area contributed by atoms with Crippen LogP contribution in [0.25, 0.3) is 0 Å². The van der Waals surface area contributed by atoms with Crippen LogP contribution in [-0.2, 0) is 38.8 Å². The Bertz CT molecular complexity index is 1790. The molecule has 0 saturated carbocycles. The number of hydrogen-bond donors (Lipinski definition) is 0. The van der Waals surface area contributed by atoms with Crippen molar-refractivity contribution >= 4 is 6.09 Å². The molecule has 0 aliphatic carbocycles. The maximum absolute atomic E-state index is 13.7. The molecule has 320 valence electrons. The molecule has 2 atom stereocenters. The Morgan fingerprint density at radius 3 is 1.54 bits per heavy atom. The van der Waals surface area contributed by atoms with E-state index < -0.39 is 23.9 Å². The quantitative estimate of drug-likeness (QED) is 0.0799. The van der Waals surface area contributed by atoms with E-state index in [-0.39, 0.29) is 32.2 Å². The van der Waals surface area contributed by atoms with Gasteiger partial charge < -0.3 is 57.0 Å². The molecule has 13 nitrogen and oxygen atoms in total. The van der Waals surface area contributed by atoms with Gasteiger partial charge in [0, 0.05) is 12.3 Å². The normalized spacial score (nSPS) is 16.6. The summed E-state index contributed by atoms with van der Waals surface area (Å²) in [4.78, 5) is 15.4. The van der Waals surface area contributed by atoms with Crippen molar-refractivity contribution in [3.05, 3.63) is 101 Å². The minimum atomic E-state index is -0.711. The monoisotopic (exact) mass is 817 g/mol. The molecule has 4 aromatic rings. The van der Waals surface area contributed by atoms with E-state index >= 15 is 0 Å². The van der Waals surface area contributed by atoms with Gasteiger partial charge in [0.2, 0.25) is 11.5 Å². The van der Waals surface area contributed by atoms with Crippen molar-refractivity contribution in [2.75, 3.05) is 69.0 Å². The number of methoxy groups -OCH3 is 6. The Labute approximate surface area is 348 Å². The van der Waals surface area contributed by atoms with Crippen molar-refractivity contribution in [3.8, 4) is 40.2 Å². The summed E-state index contributed by atoms with van der Waals surface area (Å²) in [5, 5.41) is 0. The first-order valence-electron chi connectivity index (χ1n) is 19.6. The van der Waals surface area contributed by atoms with E-state index in [1.807, 2.05) is 99.6 Å². The summed E-state index contributed by atoms with van der Waals surface area (Å²) >= 11 is 0. The van der Waals surface area contributed by atoms with Crippen LogP contribution in [-0.4, -0.2) is 97.8 Å². The number of nitrogens with zero attached hydrogens (tertiary/aromatic N) is 1. The lowest BCUT2D eigenvalue weighted by atomic mass is 9.84. The third-order valence-corrected chi connectivity index (χ3v) is 9.71. The molecule has 1 heterocycles. The second-order valence-electron chi connectivity index (χ2n) is 15.0. The van der Waals surface area contributed by atoms with Crippen LogP contribution in [0.3, 0.4) is 0 Å².